The molecule has 1 aliphatic rings. The zero-order chi connectivity index (χ0) is 29.4. The second-order valence-electron chi connectivity index (χ2n) is 9.25. The molecule has 1 heterocycles. The zero-order valence-corrected chi connectivity index (χ0v) is 21.6. The Kier molecular flexibility index (Phi) is 9.68. The lowest BCUT2D eigenvalue weighted by molar-refractivity contribution is -0.180. The lowest BCUT2D eigenvalue weighted by Gasteiger charge is -2.37. The normalized spacial score (nSPS) is 16.5. The summed E-state index contributed by atoms with van der Waals surface area (Å²) in [6.07, 6.45) is 0.0405. The van der Waals surface area contributed by atoms with Crippen LogP contribution in [0.25, 0.3) is 0 Å². The van der Waals surface area contributed by atoms with E-state index in [1.54, 1.807) is 54.6 Å². The molecule has 3 atom stereocenters. The van der Waals surface area contributed by atoms with Gasteiger partial charge in [0.25, 0.3) is 11.8 Å². The third-order valence-corrected chi connectivity index (χ3v) is 6.25. The smallest absolute Gasteiger partial charge is 0.328 e. The number of amides is 4. The predicted octanol–water partition coefficient (Wildman–Crippen LogP) is 0.316. The number of carboxylic acid groups (broad SMARTS) is 2. The average Bonchev–Trinajstić information content (AvgIpc) is 3.16. The molecule has 5 N–H and O–H groups in total. The van der Waals surface area contributed by atoms with Gasteiger partial charge in [0.05, 0.1) is 18.6 Å². The van der Waals surface area contributed by atoms with Crippen LogP contribution in [0, 0.1) is 5.92 Å². The summed E-state index contributed by atoms with van der Waals surface area (Å²) in [4.78, 5) is 76.2. The Labute approximate surface area is 229 Å². The molecule has 13 heteroatoms. The number of aliphatic carboxylic acids is 2. The van der Waals surface area contributed by atoms with Crippen molar-refractivity contribution in [3.8, 4) is 0 Å². The molecule has 0 aliphatic carbocycles. The van der Waals surface area contributed by atoms with E-state index in [1.165, 1.54) is 6.21 Å². The summed E-state index contributed by atoms with van der Waals surface area (Å²) in [5.41, 5.74) is 1.89. The first-order chi connectivity index (χ1) is 19.0. The van der Waals surface area contributed by atoms with Crippen molar-refractivity contribution in [2.24, 2.45) is 16.9 Å². The molecule has 0 bridgehead atoms. The van der Waals surface area contributed by atoms with Crippen LogP contribution >= 0.6 is 0 Å². The number of hydrogen-bond donors (Lipinski definition) is 4. The molecule has 4 amide bonds. The first kappa shape index (κ1) is 29.5. The molecule has 2 aromatic rings. The highest BCUT2D eigenvalue weighted by atomic mass is 16.4. The maximum Gasteiger partial charge on any atom is 0.328 e. The highest BCUT2D eigenvalue weighted by Crippen LogP contribution is 2.28. The Balaban J connectivity index is 2.00. The van der Waals surface area contributed by atoms with Gasteiger partial charge in [0, 0.05) is 19.8 Å². The van der Waals surface area contributed by atoms with E-state index in [2.05, 4.69) is 10.4 Å². The zero-order valence-electron chi connectivity index (χ0n) is 21.6. The van der Waals surface area contributed by atoms with Crippen LogP contribution < -0.4 is 11.2 Å². The van der Waals surface area contributed by atoms with Crippen LogP contribution in [-0.2, 0) is 41.6 Å². The van der Waals surface area contributed by atoms with Crippen LogP contribution in [0.2, 0.25) is 0 Å². The third kappa shape index (κ3) is 7.28. The van der Waals surface area contributed by atoms with Crippen LogP contribution in [0.5, 0.6) is 0 Å². The van der Waals surface area contributed by atoms with Crippen LogP contribution in [0.15, 0.2) is 59.7 Å². The lowest BCUT2D eigenvalue weighted by atomic mass is 9.97. The maximum absolute atomic E-state index is 13.7. The molecule has 0 radical (unpaired) electrons. The number of carbonyl (C=O) groups excluding carboxylic acids is 4. The van der Waals surface area contributed by atoms with Crippen molar-refractivity contribution in [2.75, 3.05) is 0 Å². The van der Waals surface area contributed by atoms with Gasteiger partial charge in [-0.25, -0.2) is 9.80 Å². The number of nitrogens with two attached hydrogens (primary N) is 1. The van der Waals surface area contributed by atoms with E-state index in [0.29, 0.717) is 26.7 Å². The number of hydrazone groups is 1. The standard InChI is InChI=1S/C27H29N5O8/c1-16(33)30-21(14-24(35)36)26(38)31(22(27(39)40)12-17-5-3-2-4-6-17)32-23(34)13-20(25(32)37)11-18-7-9-19(10-8-18)15-29-28/h2-10,15,20-22H,11-14,28H2,1H3,(H,30,33)(H,35,36)(H,39,40)/t20?,21-,22-/m0/s1. The summed E-state index contributed by atoms with van der Waals surface area (Å²) in [7, 11) is 0. The molecular formula is C27H29N5O8. The molecule has 1 saturated heterocycles. The number of hydrazine groups is 1. The van der Waals surface area contributed by atoms with Gasteiger partial charge in [-0.05, 0) is 23.1 Å². The lowest BCUT2D eigenvalue weighted by Crippen LogP contribution is -2.62. The van der Waals surface area contributed by atoms with Gasteiger partial charge in [-0.1, -0.05) is 54.6 Å². The predicted molar refractivity (Wildman–Crippen MR) is 140 cm³/mol. The summed E-state index contributed by atoms with van der Waals surface area (Å²) >= 11 is 0. The minimum absolute atomic E-state index is 0.115. The molecule has 210 valence electrons. The molecule has 13 nitrogen and oxygen atoms in total. The Bertz CT molecular complexity index is 1300. The quantitative estimate of drug-likeness (QED) is 0.124. The molecule has 1 fully saturated rings. The molecule has 2 aromatic carbocycles. The second-order valence-corrected chi connectivity index (χ2v) is 9.25. The first-order valence-electron chi connectivity index (χ1n) is 12.3. The van der Waals surface area contributed by atoms with E-state index in [4.69, 9.17) is 5.84 Å². The summed E-state index contributed by atoms with van der Waals surface area (Å²) in [6.45, 7) is 1.05. The van der Waals surface area contributed by atoms with Crippen LogP contribution in [0.4, 0.5) is 0 Å². The van der Waals surface area contributed by atoms with Crippen LogP contribution in [-0.4, -0.2) is 74.1 Å². The summed E-state index contributed by atoms with van der Waals surface area (Å²) in [5.74, 6) is -2.36. The molecular weight excluding hydrogens is 522 g/mol. The van der Waals surface area contributed by atoms with E-state index >= 15 is 0 Å². The van der Waals surface area contributed by atoms with Gasteiger partial charge < -0.3 is 21.4 Å². The van der Waals surface area contributed by atoms with E-state index in [0.717, 1.165) is 6.92 Å². The van der Waals surface area contributed by atoms with Gasteiger partial charge in [-0.15, -0.1) is 0 Å². The summed E-state index contributed by atoms with van der Waals surface area (Å²) < 4.78 is 0. The van der Waals surface area contributed by atoms with Crippen LogP contribution in [0.3, 0.4) is 0 Å². The average molecular weight is 552 g/mol. The molecule has 1 aliphatic heterocycles. The molecule has 0 aromatic heterocycles. The molecule has 1 unspecified atom stereocenters. The van der Waals surface area contributed by atoms with E-state index in [9.17, 15) is 39.0 Å². The molecule has 40 heavy (non-hydrogen) atoms. The number of rotatable bonds is 12. The summed E-state index contributed by atoms with van der Waals surface area (Å²) in [6, 6.07) is 11.6. The molecule has 0 saturated carbocycles. The monoisotopic (exact) mass is 551 g/mol. The second kappa shape index (κ2) is 13.1. The van der Waals surface area contributed by atoms with E-state index in [-0.39, 0.29) is 19.3 Å². The van der Waals surface area contributed by atoms with Crippen molar-refractivity contribution in [3.63, 3.8) is 0 Å². The van der Waals surface area contributed by atoms with Crippen LogP contribution in [0.1, 0.15) is 36.5 Å². The maximum atomic E-state index is 13.7. The fourth-order valence-corrected chi connectivity index (χ4v) is 4.46. The van der Waals surface area contributed by atoms with Crippen molar-refractivity contribution in [3.05, 3.63) is 71.3 Å². The SMILES string of the molecule is CC(=O)N[C@@H](CC(=O)O)C(=O)N([C@@H](Cc1ccccc1)C(=O)O)N1C(=O)CC(Cc2ccc(C=NN)cc2)C1=O. The first-order valence-corrected chi connectivity index (χ1v) is 12.3. The highest BCUT2D eigenvalue weighted by Gasteiger charge is 2.49. The summed E-state index contributed by atoms with van der Waals surface area (Å²) in [5, 5.41) is 26.1. The Morgan fingerprint density at radius 1 is 1.07 bits per heavy atom. The minimum atomic E-state index is -1.76. The number of benzene rings is 2. The van der Waals surface area contributed by atoms with E-state index < -0.39 is 60.0 Å². The fraction of sp³-hybridized carbons (Fsp3) is 0.296. The number of hydrogen-bond acceptors (Lipinski definition) is 8. The Hall–Kier alpha value is -5.07. The number of nitrogens with zero attached hydrogens (tertiary/aromatic N) is 3. The number of imide groups is 1. The Morgan fingerprint density at radius 3 is 2.27 bits per heavy atom. The van der Waals surface area contributed by atoms with Crippen molar-refractivity contribution in [2.45, 2.75) is 44.7 Å². The van der Waals surface area contributed by atoms with Gasteiger partial charge in [-0.2, -0.15) is 10.1 Å². The van der Waals surface area contributed by atoms with Gasteiger partial charge in [-0.3, -0.25) is 24.0 Å². The fourth-order valence-electron chi connectivity index (χ4n) is 4.46. The van der Waals surface area contributed by atoms with Crippen molar-refractivity contribution in [1.29, 1.82) is 0 Å². The van der Waals surface area contributed by atoms with Crippen molar-refractivity contribution in [1.82, 2.24) is 15.3 Å². The highest BCUT2D eigenvalue weighted by molar-refractivity contribution is 6.06. The molecule has 3 rings (SSSR count). The molecule has 0 spiro atoms. The van der Waals surface area contributed by atoms with Gasteiger partial charge in [0.15, 0.2) is 6.04 Å². The third-order valence-electron chi connectivity index (χ3n) is 6.25. The largest absolute Gasteiger partial charge is 0.481 e. The van der Waals surface area contributed by atoms with E-state index in [1.807, 2.05) is 0 Å². The number of carbonyl (C=O) groups is 6. The topological polar surface area (TPSA) is 200 Å². The van der Waals surface area contributed by atoms with Gasteiger partial charge in [0.2, 0.25) is 11.8 Å². The number of nitrogens with one attached hydrogen (secondary N) is 1. The van der Waals surface area contributed by atoms with Crippen molar-refractivity contribution < 1.29 is 39.0 Å². The Morgan fingerprint density at radius 2 is 1.73 bits per heavy atom. The minimum Gasteiger partial charge on any atom is -0.481 e. The van der Waals surface area contributed by atoms with Gasteiger partial charge in [0.1, 0.15) is 6.04 Å². The number of carboxylic acids is 2. The van der Waals surface area contributed by atoms with Gasteiger partial charge >= 0.3 is 11.9 Å². The van der Waals surface area contributed by atoms with Crippen molar-refractivity contribution >= 4 is 41.8 Å².